The SMILES string of the molecule is COc1ccc(-c2c(C(=O)O)n(Cc3ccc4nsnc4c3)c3c2oc2ccccc23)c(OCc2ccccc2C(=O)O)c1. The molecule has 0 radical (unpaired) electrons. The molecule has 0 atom stereocenters. The molecule has 0 bridgehead atoms. The number of hydrogen-bond donors (Lipinski definition) is 2. The van der Waals surface area contributed by atoms with Crippen LogP contribution in [0.3, 0.4) is 0 Å². The molecule has 7 aromatic rings. The number of nitrogens with zero attached hydrogens (tertiary/aromatic N) is 3. The van der Waals surface area contributed by atoms with Gasteiger partial charge in [-0.2, -0.15) is 8.75 Å². The number of benzene rings is 4. The van der Waals surface area contributed by atoms with E-state index in [2.05, 4.69) is 8.75 Å². The normalized spacial score (nSPS) is 11.4. The highest BCUT2D eigenvalue weighted by Crippen LogP contribution is 2.45. The van der Waals surface area contributed by atoms with Gasteiger partial charge < -0.3 is 28.7 Å². The molecule has 0 saturated heterocycles. The lowest BCUT2D eigenvalue weighted by molar-refractivity contribution is 0.0679. The fourth-order valence-electron chi connectivity index (χ4n) is 5.53. The van der Waals surface area contributed by atoms with Crippen molar-refractivity contribution in [3.05, 3.63) is 107 Å². The summed E-state index contributed by atoms with van der Waals surface area (Å²) in [7, 11) is 1.52. The average Bonchev–Trinajstić information content (AvgIpc) is 3.73. The van der Waals surface area contributed by atoms with Crippen LogP contribution in [0.15, 0.2) is 89.3 Å². The van der Waals surface area contributed by atoms with Gasteiger partial charge in [0.1, 0.15) is 40.4 Å². The monoisotopic (exact) mass is 605 g/mol. The van der Waals surface area contributed by atoms with Crippen molar-refractivity contribution in [2.75, 3.05) is 7.11 Å². The van der Waals surface area contributed by atoms with Crippen LogP contribution in [0.4, 0.5) is 0 Å². The quantitative estimate of drug-likeness (QED) is 0.177. The summed E-state index contributed by atoms with van der Waals surface area (Å²) in [4.78, 5) is 24.9. The molecule has 0 saturated carbocycles. The zero-order chi connectivity index (χ0) is 30.4. The summed E-state index contributed by atoms with van der Waals surface area (Å²) >= 11 is 1.12. The summed E-state index contributed by atoms with van der Waals surface area (Å²) in [5.41, 5.74) is 5.36. The molecule has 4 aromatic carbocycles. The Morgan fingerprint density at radius 1 is 0.909 bits per heavy atom. The molecule has 3 heterocycles. The maximum Gasteiger partial charge on any atom is 0.353 e. The summed E-state index contributed by atoms with van der Waals surface area (Å²) in [6, 6.07) is 24.8. The second kappa shape index (κ2) is 10.9. The summed E-state index contributed by atoms with van der Waals surface area (Å²) in [6.45, 7) is 0.157. The van der Waals surface area contributed by atoms with E-state index in [1.165, 1.54) is 13.2 Å². The van der Waals surface area contributed by atoms with Crippen LogP contribution in [0.25, 0.3) is 44.2 Å². The molecule has 0 amide bonds. The van der Waals surface area contributed by atoms with Crippen molar-refractivity contribution in [2.45, 2.75) is 13.2 Å². The van der Waals surface area contributed by atoms with E-state index in [4.69, 9.17) is 13.9 Å². The molecule has 218 valence electrons. The second-order valence-electron chi connectivity index (χ2n) is 10.1. The molecule has 0 aliphatic carbocycles. The molecule has 0 aliphatic heterocycles. The average molecular weight is 606 g/mol. The van der Waals surface area contributed by atoms with E-state index in [-0.39, 0.29) is 24.4 Å². The number of ether oxygens (including phenoxy) is 2. The molecule has 44 heavy (non-hydrogen) atoms. The van der Waals surface area contributed by atoms with Gasteiger partial charge in [0.25, 0.3) is 0 Å². The number of carboxylic acid groups (broad SMARTS) is 2. The number of furan rings is 1. The minimum atomic E-state index is -1.15. The lowest BCUT2D eigenvalue weighted by atomic mass is 10.0. The van der Waals surface area contributed by atoms with Crippen LogP contribution >= 0.6 is 11.7 Å². The standard InChI is InChI=1S/C33H23N3O7S/c1-41-20-11-12-22(27(15-20)42-17-19-6-2-3-7-21(19)32(37)38)28-30(33(39)40)36(16-18-10-13-24-25(14-18)35-44-34-24)29-23-8-4-5-9-26(23)43-31(28)29/h2-15H,16-17H2,1H3,(H,37,38)(H,39,40). The van der Waals surface area contributed by atoms with Crippen molar-refractivity contribution in [1.29, 1.82) is 0 Å². The van der Waals surface area contributed by atoms with Crippen molar-refractivity contribution in [1.82, 2.24) is 13.3 Å². The lowest BCUT2D eigenvalue weighted by Crippen LogP contribution is -2.11. The number of methoxy groups -OCH3 is 1. The molecular formula is C33H23N3O7S. The third-order valence-electron chi connectivity index (χ3n) is 7.52. The Kier molecular flexibility index (Phi) is 6.71. The molecule has 3 aromatic heterocycles. The first kappa shape index (κ1) is 27.2. The van der Waals surface area contributed by atoms with Crippen molar-refractivity contribution in [3.63, 3.8) is 0 Å². The van der Waals surface area contributed by atoms with Gasteiger partial charge in [0, 0.05) is 29.1 Å². The van der Waals surface area contributed by atoms with Crippen molar-refractivity contribution >= 4 is 56.8 Å². The van der Waals surface area contributed by atoms with Crippen molar-refractivity contribution in [2.24, 2.45) is 0 Å². The zero-order valence-electron chi connectivity index (χ0n) is 23.2. The maximum absolute atomic E-state index is 13.1. The summed E-state index contributed by atoms with van der Waals surface area (Å²) in [6.07, 6.45) is 0. The number of carbonyl (C=O) groups is 2. The molecule has 7 rings (SSSR count). The van der Waals surface area contributed by atoms with E-state index in [1.54, 1.807) is 41.0 Å². The Bertz CT molecular complexity index is 2230. The van der Waals surface area contributed by atoms with E-state index in [0.29, 0.717) is 44.9 Å². The van der Waals surface area contributed by atoms with Gasteiger partial charge in [0.2, 0.25) is 0 Å². The molecule has 11 heteroatoms. The summed E-state index contributed by atoms with van der Waals surface area (Å²) in [5, 5.41) is 21.1. The fraction of sp³-hybridized carbons (Fsp3) is 0.0909. The van der Waals surface area contributed by atoms with Gasteiger partial charge in [0.15, 0.2) is 5.58 Å². The predicted molar refractivity (Wildman–Crippen MR) is 165 cm³/mol. The predicted octanol–water partition coefficient (Wildman–Crippen LogP) is 7.09. The van der Waals surface area contributed by atoms with Crippen molar-refractivity contribution in [3.8, 4) is 22.6 Å². The summed E-state index contributed by atoms with van der Waals surface area (Å²) < 4.78 is 28.4. The number of aromatic carboxylic acids is 2. The van der Waals surface area contributed by atoms with E-state index in [1.807, 2.05) is 42.5 Å². The first-order chi connectivity index (χ1) is 21.4. The molecule has 0 spiro atoms. The van der Waals surface area contributed by atoms with E-state index in [0.717, 1.165) is 33.7 Å². The number of fused-ring (bicyclic) bond motifs is 4. The number of para-hydroxylation sites is 1. The van der Waals surface area contributed by atoms with Crippen molar-refractivity contribution < 1.29 is 33.7 Å². The van der Waals surface area contributed by atoms with Gasteiger partial charge in [-0.3, -0.25) is 0 Å². The number of aromatic nitrogens is 3. The van der Waals surface area contributed by atoms with Crippen LogP contribution in [0.1, 0.15) is 32.0 Å². The fourth-order valence-corrected chi connectivity index (χ4v) is 6.05. The Hall–Kier alpha value is -5.68. The van der Waals surface area contributed by atoms with Gasteiger partial charge >= 0.3 is 11.9 Å². The van der Waals surface area contributed by atoms with Crippen LogP contribution in [0, 0.1) is 0 Å². The first-order valence-corrected chi connectivity index (χ1v) is 14.3. The lowest BCUT2D eigenvalue weighted by Gasteiger charge is -2.15. The topological polar surface area (TPSA) is 137 Å². The van der Waals surface area contributed by atoms with Gasteiger partial charge in [-0.25, -0.2) is 9.59 Å². The minimum Gasteiger partial charge on any atom is -0.497 e. The zero-order valence-corrected chi connectivity index (χ0v) is 24.0. The third-order valence-corrected chi connectivity index (χ3v) is 8.08. The third kappa shape index (κ3) is 4.59. The highest BCUT2D eigenvalue weighted by molar-refractivity contribution is 7.00. The van der Waals surface area contributed by atoms with Crippen LogP contribution < -0.4 is 9.47 Å². The number of hydrogen-bond acceptors (Lipinski definition) is 8. The Morgan fingerprint density at radius 2 is 1.70 bits per heavy atom. The van der Waals surface area contributed by atoms with Gasteiger partial charge in [-0.15, -0.1) is 0 Å². The van der Waals surface area contributed by atoms with Gasteiger partial charge in [0.05, 0.1) is 35.5 Å². The highest BCUT2D eigenvalue weighted by Gasteiger charge is 2.30. The largest absolute Gasteiger partial charge is 0.497 e. The molecule has 0 fully saturated rings. The Labute approximate surface area is 253 Å². The molecule has 10 nitrogen and oxygen atoms in total. The van der Waals surface area contributed by atoms with Crippen LogP contribution in [-0.4, -0.2) is 42.6 Å². The van der Waals surface area contributed by atoms with E-state index in [9.17, 15) is 19.8 Å². The molecule has 0 aliphatic rings. The first-order valence-electron chi connectivity index (χ1n) is 13.5. The number of rotatable bonds is 9. The second-order valence-corrected chi connectivity index (χ2v) is 10.6. The number of carboxylic acids is 2. The highest BCUT2D eigenvalue weighted by atomic mass is 32.1. The maximum atomic E-state index is 13.1. The minimum absolute atomic E-state index is 0.0157. The summed E-state index contributed by atoms with van der Waals surface area (Å²) in [5.74, 6) is -1.43. The van der Waals surface area contributed by atoms with Gasteiger partial charge in [-0.1, -0.05) is 36.4 Å². The molecular weight excluding hydrogens is 582 g/mol. The van der Waals surface area contributed by atoms with E-state index < -0.39 is 11.9 Å². The van der Waals surface area contributed by atoms with Gasteiger partial charge in [-0.05, 0) is 48.0 Å². The van der Waals surface area contributed by atoms with Crippen LogP contribution in [-0.2, 0) is 13.2 Å². The Morgan fingerprint density at radius 3 is 2.52 bits per heavy atom. The van der Waals surface area contributed by atoms with Crippen LogP contribution in [0.2, 0.25) is 0 Å². The smallest absolute Gasteiger partial charge is 0.353 e. The van der Waals surface area contributed by atoms with E-state index >= 15 is 0 Å². The molecule has 0 unspecified atom stereocenters. The van der Waals surface area contributed by atoms with Crippen LogP contribution in [0.5, 0.6) is 11.5 Å². The molecule has 2 N–H and O–H groups in total. The Balaban J connectivity index is 1.44.